The molecule has 3 aromatic carbocycles. The van der Waals surface area contributed by atoms with Crippen molar-refractivity contribution < 1.29 is 24.5 Å². The first-order chi connectivity index (χ1) is 12.0. The summed E-state index contributed by atoms with van der Waals surface area (Å²) in [6.45, 7) is 0. The molecule has 0 aliphatic rings. The van der Waals surface area contributed by atoms with Crippen molar-refractivity contribution in [2.45, 2.75) is 0 Å². The molecule has 0 aliphatic heterocycles. The van der Waals surface area contributed by atoms with Gasteiger partial charge in [0, 0.05) is 5.56 Å². The number of carbonyl (C=O) groups is 1. The third-order valence-corrected chi connectivity index (χ3v) is 4.12. The van der Waals surface area contributed by atoms with Gasteiger partial charge in [0.05, 0.1) is 28.5 Å². The van der Waals surface area contributed by atoms with Crippen LogP contribution < -0.4 is 0 Å². The summed E-state index contributed by atoms with van der Waals surface area (Å²) in [6, 6.07) is 16.1. The fourth-order valence-corrected chi connectivity index (χ4v) is 3.05. The van der Waals surface area contributed by atoms with Gasteiger partial charge in [0.2, 0.25) is 0 Å². The number of aromatic hydroxyl groups is 2. The Morgan fingerprint density at radius 1 is 0.800 bits per heavy atom. The van der Waals surface area contributed by atoms with Crippen molar-refractivity contribution in [2.24, 2.45) is 0 Å². The predicted octanol–water partition coefficient (Wildman–Crippen LogP) is 4.64. The zero-order valence-corrected chi connectivity index (χ0v) is 12.9. The number of phenols is 2. The minimum Gasteiger partial charge on any atom is -0.508 e. The highest BCUT2D eigenvalue weighted by Crippen LogP contribution is 2.39. The van der Waals surface area contributed by atoms with Crippen LogP contribution in [0.4, 0.5) is 0 Å². The van der Waals surface area contributed by atoms with E-state index in [9.17, 15) is 20.1 Å². The van der Waals surface area contributed by atoms with E-state index in [1.54, 1.807) is 36.4 Å². The van der Waals surface area contributed by atoms with Crippen molar-refractivity contribution >= 4 is 27.9 Å². The molecule has 122 valence electrons. The van der Waals surface area contributed by atoms with Gasteiger partial charge in [0.25, 0.3) is 0 Å². The van der Waals surface area contributed by atoms with E-state index in [-0.39, 0.29) is 17.1 Å². The Labute approximate surface area is 142 Å². The number of fused-ring (bicyclic) bond motifs is 2. The molecule has 0 bridgehead atoms. The Morgan fingerprint density at radius 2 is 1.36 bits per heavy atom. The monoisotopic (exact) mass is 333 g/mol. The van der Waals surface area contributed by atoms with Crippen LogP contribution in [0.2, 0.25) is 0 Å². The SMILES string of the molecule is O=C(O)c1ccccc1-c1c2ccc(O)cc2[o+]c2cc(O)ccc12. The summed E-state index contributed by atoms with van der Waals surface area (Å²) in [5.74, 6) is -0.961. The highest BCUT2D eigenvalue weighted by Gasteiger charge is 2.24. The Hall–Kier alpha value is -3.60. The lowest BCUT2D eigenvalue weighted by Crippen LogP contribution is -1.99. The Balaban J connectivity index is 2.22. The molecule has 0 fully saturated rings. The molecule has 0 atom stereocenters. The van der Waals surface area contributed by atoms with Crippen LogP contribution in [0.25, 0.3) is 33.1 Å². The number of benzene rings is 3. The molecular weight excluding hydrogens is 320 g/mol. The standard InChI is InChI=1S/C20H12O5/c21-11-5-7-15-17(9-11)25-18-10-12(22)6-8-16(18)19(15)13-3-1-2-4-14(13)20(23)24/h1-10H,(H2-,21,22,23,24)/p+1. The molecule has 0 radical (unpaired) electrons. The van der Waals surface area contributed by atoms with Crippen LogP contribution in [0, 0.1) is 0 Å². The van der Waals surface area contributed by atoms with Crippen LogP contribution in [0.5, 0.6) is 11.5 Å². The molecule has 0 saturated carbocycles. The molecule has 1 aromatic heterocycles. The van der Waals surface area contributed by atoms with E-state index in [1.165, 1.54) is 24.3 Å². The summed E-state index contributed by atoms with van der Waals surface area (Å²) in [5.41, 5.74) is 2.17. The van der Waals surface area contributed by atoms with Gasteiger partial charge in [0.1, 0.15) is 11.5 Å². The van der Waals surface area contributed by atoms with Crippen molar-refractivity contribution in [2.75, 3.05) is 0 Å². The van der Waals surface area contributed by atoms with Gasteiger partial charge < -0.3 is 15.3 Å². The number of hydrogen-bond acceptors (Lipinski definition) is 3. The maximum atomic E-state index is 11.7. The zero-order valence-electron chi connectivity index (χ0n) is 12.9. The first-order valence-electron chi connectivity index (χ1n) is 7.59. The molecule has 0 aliphatic carbocycles. The molecule has 25 heavy (non-hydrogen) atoms. The maximum absolute atomic E-state index is 11.7. The van der Waals surface area contributed by atoms with E-state index in [0.717, 1.165) is 0 Å². The van der Waals surface area contributed by atoms with Crippen molar-refractivity contribution in [3.63, 3.8) is 0 Å². The molecule has 4 rings (SSSR count). The first kappa shape index (κ1) is 15.0. The van der Waals surface area contributed by atoms with E-state index in [1.807, 2.05) is 0 Å². The lowest BCUT2D eigenvalue weighted by atomic mass is 9.93. The lowest BCUT2D eigenvalue weighted by Gasteiger charge is -2.09. The van der Waals surface area contributed by atoms with Gasteiger partial charge in [0.15, 0.2) is 0 Å². The highest BCUT2D eigenvalue weighted by atomic mass is 16.4. The van der Waals surface area contributed by atoms with Crippen LogP contribution in [0.3, 0.4) is 0 Å². The third-order valence-electron chi connectivity index (χ3n) is 4.12. The summed E-state index contributed by atoms with van der Waals surface area (Å²) in [7, 11) is 0. The molecule has 0 saturated heterocycles. The molecular formula is C20H13O5+. The van der Waals surface area contributed by atoms with Crippen LogP contribution in [-0.2, 0) is 0 Å². The molecule has 0 spiro atoms. The molecule has 5 nitrogen and oxygen atoms in total. The van der Waals surface area contributed by atoms with E-state index >= 15 is 0 Å². The number of aromatic carboxylic acids is 1. The predicted molar refractivity (Wildman–Crippen MR) is 93.9 cm³/mol. The van der Waals surface area contributed by atoms with Gasteiger partial charge in [-0.1, -0.05) is 18.2 Å². The highest BCUT2D eigenvalue weighted by molar-refractivity contribution is 6.12. The normalized spacial score (nSPS) is 11.0. The molecule has 3 N–H and O–H groups in total. The van der Waals surface area contributed by atoms with Crippen molar-refractivity contribution in [3.8, 4) is 22.6 Å². The van der Waals surface area contributed by atoms with Crippen molar-refractivity contribution in [1.82, 2.24) is 0 Å². The molecule has 5 heteroatoms. The molecule has 1 heterocycles. The Kier molecular flexibility index (Phi) is 3.28. The van der Waals surface area contributed by atoms with Gasteiger partial charge in [-0.15, -0.1) is 0 Å². The smallest absolute Gasteiger partial charge is 0.365 e. The second kappa shape index (κ2) is 5.49. The van der Waals surface area contributed by atoms with Crippen molar-refractivity contribution in [1.29, 1.82) is 0 Å². The van der Waals surface area contributed by atoms with Gasteiger partial charge >= 0.3 is 17.1 Å². The summed E-state index contributed by atoms with van der Waals surface area (Å²) in [4.78, 5) is 11.7. The minimum absolute atomic E-state index is 0.0354. The van der Waals surface area contributed by atoms with E-state index in [0.29, 0.717) is 33.1 Å². The van der Waals surface area contributed by atoms with Gasteiger partial charge in [-0.3, -0.25) is 0 Å². The van der Waals surface area contributed by atoms with Gasteiger partial charge in [-0.05, 0) is 35.9 Å². The average molecular weight is 333 g/mol. The summed E-state index contributed by atoms with van der Waals surface area (Å²) in [6.07, 6.45) is 0. The third kappa shape index (κ3) is 2.42. The minimum atomic E-state index is -1.03. The van der Waals surface area contributed by atoms with Crippen molar-refractivity contribution in [3.05, 3.63) is 66.2 Å². The van der Waals surface area contributed by atoms with E-state index < -0.39 is 5.97 Å². The fourth-order valence-electron chi connectivity index (χ4n) is 3.05. The van der Waals surface area contributed by atoms with Crippen LogP contribution in [-0.4, -0.2) is 21.3 Å². The number of carboxylic acid groups (broad SMARTS) is 1. The molecule has 0 amide bonds. The van der Waals surface area contributed by atoms with Crippen LogP contribution in [0.15, 0.2) is 65.1 Å². The van der Waals surface area contributed by atoms with E-state index in [4.69, 9.17) is 4.42 Å². The number of phenolic OH excluding ortho intramolecular Hbond substituents is 2. The summed E-state index contributed by atoms with van der Waals surface area (Å²) in [5, 5.41) is 30.4. The first-order valence-corrected chi connectivity index (χ1v) is 7.59. The Bertz CT molecular complexity index is 1090. The number of hydrogen-bond donors (Lipinski definition) is 3. The summed E-state index contributed by atoms with van der Waals surface area (Å²) < 4.78 is 5.80. The topological polar surface area (TPSA) is 89.1 Å². The number of rotatable bonds is 2. The molecule has 4 aromatic rings. The molecule has 0 unspecified atom stereocenters. The lowest BCUT2D eigenvalue weighted by molar-refractivity contribution is 0.0697. The fraction of sp³-hybridized carbons (Fsp3) is 0. The van der Waals surface area contributed by atoms with Gasteiger partial charge in [-0.25, -0.2) is 9.21 Å². The largest absolute Gasteiger partial charge is 0.508 e. The van der Waals surface area contributed by atoms with E-state index in [2.05, 4.69) is 0 Å². The average Bonchev–Trinajstić information content (AvgIpc) is 2.59. The summed E-state index contributed by atoms with van der Waals surface area (Å²) >= 11 is 0. The van der Waals surface area contributed by atoms with Crippen LogP contribution >= 0.6 is 0 Å². The number of carboxylic acids is 1. The zero-order chi connectivity index (χ0) is 17.6. The second-order valence-electron chi connectivity index (χ2n) is 5.69. The maximum Gasteiger partial charge on any atom is 0.365 e. The quantitative estimate of drug-likeness (QED) is 0.367. The van der Waals surface area contributed by atoms with Crippen LogP contribution in [0.1, 0.15) is 10.4 Å². The van der Waals surface area contributed by atoms with Gasteiger partial charge in [-0.2, -0.15) is 0 Å². The Morgan fingerprint density at radius 3 is 1.92 bits per heavy atom. The second-order valence-corrected chi connectivity index (χ2v) is 5.69.